The minimum atomic E-state index is -0.833. The Bertz CT molecular complexity index is 673. The number of halogens is 8. The third-order valence-electron chi connectivity index (χ3n) is 6.59. The Balaban J connectivity index is -0.000000240. The summed E-state index contributed by atoms with van der Waals surface area (Å²) in [5.41, 5.74) is 2.85. The Morgan fingerprint density at radius 2 is 0.804 bits per heavy atom. The normalized spacial score (nSPS) is 17.4. The Hall–Kier alpha value is 2.21. The lowest BCUT2D eigenvalue weighted by molar-refractivity contribution is -0.134. The van der Waals surface area contributed by atoms with Gasteiger partial charge in [-0.25, -0.2) is 0 Å². The third kappa shape index (κ3) is 37.5. The molecule has 0 bridgehead atoms. The summed E-state index contributed by atoms with van der Waals surface area (Å²) in [7, 11) is 0. The van der Waals surface area contributed by atoms with Crippen molar-refractivity contribution in [2.45, 2.75) is 32.9 Å². The average Bonchev–Trinajstić information content (AvgIpc) is 2.93. The van der Waals surface area contributed by atoms with E-state index < -0.39 is 5.97 Å². The molecule has 0 spiro atoms. The Morgan fingerprint density at radius 3 is 1.11 bits per heavy atom. The van der Waals surface area contributed by atoms with Crippen LogP contribution in [-0.4, -0.2) is 126 Å². The van der Waals surface area contributed by atoms with E-state index in [-0.39, 0.29) is 136 Å². The lowest BCUT2D eigenvalue weighted by Crippen LogP contribution is -2.38. The van der Waals surface area contributed by atoms with Crippen LogP contribution in [-0.2, 0) is 17.9 Å². The third-order valence-corrected chi connectivity index (χ3v) is 6.59. The molecule has 0 atom stereocenters. The van der Waals surface area contributed by atoms with E-state index in [4.69, 9.17) is 9.90 Å². The summed E-state index contributed by atoms with van der Waals surface area (Å²) < 4.78 is 0. The molecule has 46 heavy (non-hydrogen) atoms. The first-order chi connectivity index (χ1) is 18.6. The van der Waals surface area contributed by atoms with Gasteiger partial charge in [0.25, 0.3) is 5.97 Å². The molecule has 3 rings (SSSR count). The average molecular weight is 1180 g/mol. The monoisotopic (exact) mass is 1170 g/mol. The van der Waals surface area contributed by atoms with Gasteiger partial charge in [0.05, 0.1) is 0 Å². The van der Waals surface area contributed by atoms with E-state index in [9.17, 15) is 0 Å². The van der Waals surface area contributed by atoms with E-state index in [1.807, 2.05) is 0 Å². The van der Waals surface area contributed by atoms with E-state index in [2.05, 4.69) is 66.0 Å². The van der Waals surface area contributed by atoms with Crippen molar-refractivity contribution in [3.8, 4) is 0 Å². The van der Waals surface area contributed by atoms with E-state index in [0.29, 0.717) is 0 Å². The van der Waals surface area contributed by atoms with Crippen LogP contribution in [0.1, 0.15) is 30.9 Å². The molecule has 10 nitrogen and oxygen atoms in total. The molecule has 18 heteroatoms. The van der Waals surface area contributed by atoms with Gasteiger partial charge >= 0.3 is 0 Å². The summed E-state index contributed by atoms with van der Waals surface area (Å²) >= 11 is 0. The van der Waals surface area contributed by atoms with Crippen molar-refractivity contribution in [2.75, 3.05) is 105 Å². The number of carboxylic acids is 1. The number of carbonyl (C=O) groups is 1. The number of carboxylic acid groups (broad SMARTS) is 1. The van der Waals surface area contributed by atoms with E-state index in [0.717, 1.165) is 125 Å². The summed E-state index contributed by atoms with van der Waals surface area (Å²) in [4.78, 5) is 14.2. The van der Waals surface area contributed by atoms with Crippen LogP contribution >= 0.6 is 136 Å². The fraction of sp³-hybridized carbons (Fsp3) is 0.750. The Labute approximate surface area is 362 Å². The summed E-state index contributed by atoms with van der Waals surface area (Å²) in [5.74, 6) is -0.833. The maximum atomic E-state index is 9.00. The highest BCUT2D eigenvalue weighted by molar-refractivity contribution is 8.93. The molecule has 0 radical (unpaired) electrons. The molecule has 0 aliphatic carbocycles. The second-order valence-corrected chi connectivity index (χ2v) is 10.1. The number of aliphatic carboxylic acids is 1. The molecule has 2 fully saturated rings. The maximum Gasteiger partial charge on any atom is 0.300 e. The zero-order chi connectivity index (χ0) is 27.1. The predicted octanol–water partition coefficient (Wildman–Crippen LogP) is 4.35. The van der Waals surface area contributed by atoms with Gasteiger partial charge in [0.1, 0.15) is 0 Å². The van der Waals surface area contributed by atoms with E-state index in [1.165, 1.54) is 24.0 Å². The van der Waals surface area contributed by atoms with Crippen molar-refractivity contribution >= 4 is 142 Å². The lowest BCUT2D eigenvalue weighted by atomic mass is 10.1. The zero-order valence-corrected chi connectivity index (χ0v) is 40.7. The first kappa shape index (κ1) is 63.3. The number of nitrogens with zero attached hydrogens (tertiary/aromatic N) is 2. The summed E-state index contributed by atoms with van der Waals surface area (Å²) in [6.45, 7) is 20.3. The Morgan fingerprint density at radius 1 is 0.543 bits per heavy atom. The molecule has 0 saturated carbocycles. The zero-order valence-electron chi connectivity index (χ0n) is 27.0. The molecular weight excluding hydrogens is 1120 g/mol. The van der Waals surface area contributed by atoms with Gasteiger partial charge in [-0.1, -0.05) is 24.3 Å². The minimum absolute atomic E-state index is 0. The van der Waals surface area contributed by atoms with Gasteiger partial charge in [0, 0.05) is 98.6 Å². The number of nitrogens with one attached hydrogen (secondary N) is 6. The van der Waals surface area contributed by atoms with Crippen LogP contribution in [0.2, 0.25) is 0 Å². The van der Waals surface area contributed by atoms with Crippen LogP contribution < -0.4 is 31.9 Å². The van der Waals surface area contributed by atoms with Crippen LogP contribution in [0.3, 0.4) is 0 Å². The van der Waals surface area contributed by atoms with Gasteiger partial charge in [0.15, 0.2) is 0 Å². The molecule has 2 aliphatic rings. The molecule has 1 aromatic carbocycles. The van der Waals surface area contributed by atoms with Gasteiger partial charge in [-0.05, 0) is 50.1 Å². The second-order valence-electron chi connectivity index (χ2n) is 10.1. The molecule has 1 aromatic rings. The van der Waals surface area contributed by atoms with E-state index in [1.54, 1.807) is 0 Å². The number of benzene rings is 1. The molecule has 0 amide bonds. The number of rotatable bonds is 4. The van der Waals surface area contributed by atoms with Crippen LogP contribution in [0.25, 0.3) is 0 Å². The van der Waals surface area contributed by atoms with Crippen molar-refractivity contribution in [2.24, 2.45) is 0 Å². The fourth-order valence-corrected chi connectivity index (χ4v) is 4.61. The standard InChI is InChI=1S/C26H50N8.C2H4O2.8BrH/c1-4-25(23-33-18-14-29-8-2-6-27-10-12-31-16-20-33)22-26(5-1)24-34-19-15-30-9-3-7-28-11-13-32-17-21-34;1-2(3)4;;;;;;;;/h1,4-5,22,27-32H,2-3,6-21,23-24H2;1H3,(H,3,4);8*1H. The summed E-state index contributed by atoms with van der Waals surface area (Å²) in [5, 5.41) is 28.8. The van der Waals surface area contributed by atoms with Gasteiger partial charge < -0.3 is 37.0 Å². The topological polar surface area (TPSA) is 116 Å². The van der Waals surface area contributed by atoms with Crippen molar-refractivity contribution in [1.82, 2.24) is 41.7 Å². The molecule has 2 aliphatic heterocycles. The van der Waals surface area contributed by atoms with Gasteiger partial charge in [-0.3, -0.25) is 14.6 Å². The smallest absolute Gasteiger partial charge is 0.300 e. The summed E-state index contributed by atoms with van der Waals surface area (Å²) in [6.07, 6.45) is 2.39. The highest BCUT2D eigenvalue weighted by Gasteiger charge is 2.10. The molecule has 2 saturated heterocycles. The molecular formula is C28H62Br8N8O2. The molecule has 0 aromatic heterocycles. The lowest BCUT2D eigenvalue weighted by Gasteiger charge is -2.25. The first-order valence-electron chi connectivity index (χ1n) is 14.6. The van der Waals surface area contributed by atoms with Crippen molar-refractivity contribution in [1.29, 1.82) is 0 Å². The molecule has 2 heterocycles. The largest absolute Gasteiger partial charge is 0.481 e. The van der Waals surface area contributed by atoms with Gasteiger partial charge in [-0.2, -0.15) is 0 Å². The van der Waals surface area contributed by atoms with Crippen LogP contribution in [0.15, 0.2) is 24.3 Å². The Kier molecular flexibility index (Phi) is 62.2. The molecule has 0 unspecified atom stereocenters. The number of hydrogen-bond donors (Lipinski definition) is 7. The SMILES string of the molecule is Br.Br.Br.Br.Br.Br.Br.Br.CC(=O)O.c1cc(CN2CCNCCCNCCNCC2)cc(CN2CCNCCCNCCNCC2)c1. The predicted molar refractivity (Wildman–Crippen MR) is 239 cm³/mol. The van der Waals surface area contributed by atoms with Gasteiger partial charge in [0.2, 0.25) is 0 Å². The van der Waals surface area contributed by atoms with Crippen LogP contribution in [0.5, 0.6) is 0 Å². The fourth-order valence-electron chi connectivity index (χ4n) is 4.61. The second kappa shape index (κ2) is 45.2. The number of hydrogen-bond acceptors (Lipinski definition) is 9. The highest BCUT2D eigenvalue weighted by Crippen LogP contribution is 2.11. The van der Waals surface area contributed by atoms with Crippen molar-refractivity contribution in [3.05, 3.63) is 35.4 Å². The molecule has 7 N–H and O–H groups in total. The highest BCUT2D eigenvalue weighted by atomic mass is 79.9. The van der Waals surface area contributed by atoms with Crippen LogP contribution in [0, 0.1) is 0 Å². The maximum absolute atomic E-state index is 9.00. The minimum Gasteiger partial charge on any atom is -0.481 e. The summed E-state index contributed by atoms with van der Waals surface area (Å²) in [6, 6.07) is 9.27. The first-order valence-corrected chi connectivity index (χ1v) is 14.6. The molecule has 282 valence electrons. The van der Waals surface area contributed by atoms with E-state index >= 15 is 0 Å². The quantitative estimate of drug-likeness (QED) is 0.235. The van der Waals surface area contributed by atoms with Gasteiger partial charge in [-0.15, -0.1) is 136 Å². The van der Waals surface area contributed by atoms with Crippen molar-refractivity contribution in [3.63, 3.8) is 0 Å². The van der Waals surface area contributed by atoms with Crippen LogP contribution in [0.4, 0.5) is 0 Å². The van der Waals surface area contributed by atoms with Crippen molar-refractivity contribution < 1.29 is 9.90 Å².